The van der Waals surface area contributed by atoms with Gasteiger partial charge < -0.3 is 5.73 Å². The van der Waals surface area contributed by atoms with Crippen LogP contribution in [0.25, 0.3) is 10.8 Å². The average molecular weight is 410 g/mol. The summed E-state index contributed by atoms with van der Waals surface area (Å²) in [4.78, 5) is 5.48. The van der Waals surface area contributed by atoms with E-state index < -0.39 is 10.0 Å². The van der Waals surface area contributed by atoms with E-state index in [9.17, 15) is 8.42 Å². The van der Waals surface area contributed by atoms with E-state index in [0.29, 0.717) is 18.4 Å². The summed E-state index contributed by atoms with van der Waals surface area (Å²) < 4.78 is 27.8. The molecule has 0 aliphatic heterocycles. The molecule has 138 valence electrons. The molecule has 2 aromatic heterocycles. The smallest absolute Gasteiger partial charge is 0.264 e. The third kappa shape index (κ3) is 4.42. The molecule has 0 fully saturated rings. The van der Waals surface area contributed by atoms with Crippen molar-refractivity contribution in [3.63, 3.8) is 0 Å². The van der Waals surface area contributed by atoms with E-state index in [1.54, 1.807) is 54.2 Å². The van der Waals surface area contributed by atoms with Crippen LogP contribution in [0.4, 0.5) is 0 Å². The molecule has 3 rings (SSSR count). The number of halogens is 1. The molecular formula is C18H20ClN3O2S2. The molecule has 0 aliphatic carbocycles. The lowest BCUT2D eigenvalue weighted by atomic mass is 10.2. The maximum absolute atomic E-state index is 13.2. The summed E-state index contributed by atoms with van der Waals surface area (Å²) in [7, 11) is -3.69. The first-order chi connectivity index (χ1) is 12.1. The minimum Gasteiger partial charge on any atom is -0.327 e. The van der Waals surface area contributed by atoms with Crippen LogP contribution in [0.2, 0.25) is 0 Å². The fraction of sp³-hybridized carbons (Fsp3) is 0.167. The molecule has 0 unspecified atom stereocenters. The van der Waals surface area contributed by atoms with Crippen molar-refractivity contribution in [2.24, 2.45) is 5.73 Å². The van der Waals surface area contributed by atoms with Crippen LogP contribution in [0, 0.1) is 0 Å². The van der Waals surface area contributed by atoms with Gasteiger partial charge in [-0.05, 0) is 23.6 Å². The molecule has 2 N–H and O–H groups in total. The minimum absolute atomic E-state index is 0. The zero-order chi connectivity index (χ0) is 17.7. The van der Waals surface area contributed by atoms with Crippen LogP contribution in [0.15, 0.2) is 71.3 Å². The fourth-order valence-electron chi connectivity index (χ4n) is 2.57. The van der Waals surface area contributed by atoms with E-state index in [4.69, 9.17) is 5.73 Å². The van der Waals surface area contributed by atoms with Crippen LogP contribution in [-0.2, 0) is 16.4 Å². The van der Waals surface area contributed by atoms with Crippen molar-refractivity contribution in [2.45, 2.75) is 11.3 Å². The van der Waals surface area contributed by atoms with Gasteiger partial charge in [0.1, 0.15) is 0 Å². The average Bonchev–Trinajstić information content (AvgIpc) is 3.14. The van der Waals surface area contributed by atoms with E-state index in [-0.39, 0.29) is 23.8 Å². The Kier molecular flexibility index (Phi) is 7.16. The Hall–Kier alpha value is -1.93. The Morgan fingerprint density at radius 2 is 2.04 bits per heavy atom. The van der Waals surface area contributed by atoms with Gasteiger partial charge in [0.15, 0.2) is 0 Å². The molecule has 0 saturated carbocycles. The van der Waals surface area contributed by atoms with E-state index in [1.807, 2.05) is 23.6 Å². The number of benzene rings is 1. The number of rotatable bonds is 7. The Balaban J connectivity index is 0.00000243. The van der Waals surface area contributed by atoms with Gasteiger partial charge in [0.05, 0.1) is 4.90 Å². The van der Waals surface area contributed by atoms with Crippen molar-refractivity contribution < 1.29 is 8.42 Å². The van der Waals surface area contributed by atoms with Gasteiger partial charge in [-0.3, -0.25) is 9.29 Å². The molecule has 0 atom stereocenters. The summed E-state index contributed by atoms with van der Waals surface area (Å²) in [6.07, 6.45) is 7.13. The Labute approximate surface area is 163 Å². The number of thiophene rings is 1. The van der Waals surface area contributed by atoms with Gasteiger partial charge in [0.25, 0.3) is 10.0 Å². The highest BCUT2D eigenvalue weighted by molar-refractivity contribution is 7.89. The molecule has 2 heterocycles. The van der Waals surface area contributed by atoms with Crippen molar-refractivity contribution in [2.75, 3.05) is 13.1 Å². The SMILES string of the molecule is Cl.NCC=CN(CCc1cccs1)S(=O)(=O)c1cccc2cnccc12. The number of hydrogen-bond acceptors (Lipinski definition) is 5. The molecule has 0 radical (unpaired) electrons. The summed E-state index contributed by atoms with van der Waals surface area (Å²) in [5.74, 6) is 0. The lowest BCUT2D eigenvalue weighted by Crippen LogP contribution is -2.28. The molecule has 0 spiro atoms. The monoisotopic (exact) mass is 409 g/mol. The zero-order valence-corrected chi connectivity index (χ0v) is 16.4. The summed E-state index contributed by atoms with van der Waals surface area (Å²) in [5.41, 5.74) is 5.53. The number of nitrogens with two attached hydrogens (primary N) is 1. The first-order valence-electron chi connectivity index (χ1n) is 7.86. The van der Waals surface area contributed by atoms with Crippen molar-refractivity contribution in [1.29, 1.82) is 0 Å². The van der Waals surface area contributed by atoms with Gasteiger partial charge in [0.2, 0.25) is 0 Å². The largest absolute Gasteiger partial charge is 0.327 e. The molecule has 0 bridgehead atoms. The molecule has 26 heavy (non-hydrogen) atoms. The fourth-order valence-corrected chi connectivity index (χ4v) is 4.82. The lowest BCUT2D eigenvalue weighted by molar-refractivity contribution is 0.501. The van der Waals surface area contributed by atoms with Gasteiger partial charge in [-0.25, -0.2) is 8.42 Å². The third-order valence-corrected chi connectivity index (χ3v) is 6.56. The first kappa shape index (κ1) is 20.4. The van der Waals surface area contributed by atoms with Crippen LogP contribution in [0.1, 0.15) is 4.88 Å². The van der Waals surface area contributed by atoms with Gasteiger partial charge >= 0.3 is 0 Å². The van der Waals surface area contributed by atoms with Gasteiger partial charge in [-0.15, -0.1) is 23.7 Å². The second-order valence-electron chi connectivity index (χ2n) is 5.42. The van der Waals surface area contributed by atoms with Crippen LogP contribution >= 0.6 is 23.7 Å². The summed E-state index contributed by atoms with van der Waals surface area (Å²) in [5, 5.41) is 3.45. The van der Waals surface area contributed by atoms with E-state index in [1.165, 1.54) is 4.31 Å². The van der Waals surface area contributed by atoms with Crippen molar-refractivity contribution in [3.8, 4) is 0 Å². The van der Waals surface area contributed by atoms with Gasteiger partial charge in [-0.2, -0.15) is 0 Å². The maximum atomic E-state index is 13.2. The maximum Gasteiger partial charge on any atom is 0.264 e. The molecule has 0 amide bonds. The van der Waals surface area contributed by atoms with E-state index in [2.05, 4.69) is 4.98 Å². The summed E-state index contributed by atoms with van der Waals surface area (Å²) in [6.45, 7) is 0.644. The number of sulfonamides is 1. The van der Waals surface area contributed by atoms with E-state index in [0.717, 1.165) is 10.3 Å². The van der Waals surface area contributed by atoms with Crippen LogP contribution in [-0.4, -0.2) is 30.8 Å². The van der Waals surface area contributed by atoms with Crippen LogP contribution in [0.3, 0.4) is 0 Å². The predicted molar refractivity (Wildman–Crippen MR) is 109 cm³/mol. The molecule has 3 aromatic rings. The number of fused-ring (bicyclic) bond motifs is 1. The first-order valence-corrected chi connectivity index (χ1v) is 10.2. The summed E-state index contributed by atoms with van der Waals surface area (Å²) >= 11 is 1.62. The Morgan fingerprint density at radius 3 is 2.77 bits per heavy atom. The highest BCUT2D eigenvalue weighted by atomic mass is 35.5. The van der Waals surface area contributed by atoms with Crippen molar-refractivity contribution >= 4 is 44.5 Å². The molecule has 0 saturated heterocycles. The molecular weight excluding hydrogens is 390 g/mol. The zero-order valence-electron chi connectivity index (χ0n) is 14.0. The number of pyridine rings is 1. The molecule has 1 aromatic carbocycles. The van der Waals surface area contributed by atoms with Crippen LogP contribution < -0.4 is 5.73 Å². The second-order valence-corrected chi connectivity index (χ2v) is 8.31. The van der Waals surface area contributed by atoms with Crippen molar-refractivity contribution in [3.05, 3.63) is 71.3 Å². The third-order valence-electron chi connectivity index (χ3n) is 3.79. The second kappa shape index (κ2) is 9.14. The molecule has 5 nitrogen and oxygen atoms in total. The molecule has 0 aliphatic rings. The number of hydrogen-bond donors (Lipinski definition) is 1. The van der Waals surface area contributed by atoms with Crippen LogP contribution in [0.5, 0.6) is 0 Å². The lowest BCUT2D eigenvalue weighted by Gasteiger charge is -2.21. The van der Waals surface area contributed by atoms with Crippen molar-refractivity contribution in [1.82, 2.24) is 9.29 Å². The topological polar surface area (TPSA) is 76.3 Å². The van der Waals surface area contributed by atoms with E-state index >= 15 is 0 Å². The quantitative estimate of drug-likeness (QED) is 0.648. The highest BCUT2D eigenvalue weighted by Crippen LogP contribution is 2.25. The standard InChI is InChI=1S/C18H19N3O2S2.ClH/c19-9-3-11-21(12-8-16-5-2-13-24-16)25(22,23)18-6-1-4-15-14-20-10-7-17(15)18;/h1-7,10-11,13-14H,8-9,12,19H2;1H. The number of aromatic nitrogens is 1. The minimum atomic E-state index is -3.69. The van der Waals surface area contributed by atoms with Gasteiger partial charge in [0, 0.05) is 53.8 Å². The Bertz CT molecular complexity index is 968. The predicted octanol–water partition coefficient (Wildman–Crippen LogP) is 3.42. The van der Waals surface area contributed by atoms with Gasteiger partial charge in [-0.1, -0.05) is 24.3 Å². The summed E-state index contributed by atoms with van der Waals surface area (Å²) in [6, 6.07) is 10.9. The normalized spacial score (nSPS) is 11.6. The Morgan fingerprint density at radius 1 is 1.19 bits per heavy atom. The number of nitrogens with zero attached hydrogens (tertiary/aromatic N) is 2. The molecule has 8 heteroatoms. The highest BCUT2D eigenvalue weighted by Gasteiger charge is 2.23.